The van der Waals surface area contributed by atoms with Crippen molar-refractivity contribution >= 4 is 17.9 Å². The van der Waals surface area contributed by atoms with Gasteiger partial charge in [-0.3, -0.25) is 20.4 Å². The Kier molecular flexibility index (Phi) is 7.86. The van der Waals surface area contributed by atoms with Crippen LogP contribution >= 0.6 is 0 Å². The van der Waals surface area contributed by atoms with Crippen LogP contribution in [0.4, 0.5) is 4.79 Å². The fourth-order valence-electron chi connectivity index (χ4n) is 3.79. The molecule has 1 fully saturated rings. The minimum atomic E-state index is -0.534. The molecule has 0 spiro atoms. The van der Waals surface area contributed by atoms with E-state index in [0.29, 0.717) is 37.4 Å². The van der Waals surface area contributed by atoms with E-state index in [0.717, 1.165) is 11.1 Å². The van der Waals surface area contributed by atoms with Crippen molar-refractivity contribution in [1.82, 2.24) is 20.3 Å². The third kappa shape index (κ3) is 6.76. The molecule has 34 heavy (non-hydrogen) atoms. The average molecular weight is 471 g/mol. The largest absolute Gasteiger partial charge is 0.483 e. The number of likely N-dealkylation sites (tertiary alicyclic amines) is 1. The molecule has 0 saturated carbocycles. The molecular formula is C25H34N4O5. The van der Waals surface area contributed by atoms with E-state index >= 15 is 0 Å². The molecule has 0 radical (unpaired) electrons. The van der Waals surface area contributed by atoms with Crippen LogP contribution in [0.3, 0.4) is 0 Å². The molecule has 0 aliphatic carbocycles. The van der Waals surface area contributed by atoms with Gasteiger partial charge in [0.05, 0.1) is 0 Å². The van der Waals surface area contributed by atoms with Gasteiger partial charge in [0.25, 0.3) is 11.8 Å². The maximum atomic E-state index is 12.7. The average Bonchev–Trinajstić information content (AvgIpc) is 3.27. The first kappa shape index (κ1) is 25.1. The van der Waals surface area contributed by atoms with Gasteiger partial charge < -0.3 is 18.9 Å². The molecule has 0 atom stereocenters. The van der Waals surface area contributed by atoms with Crippen LogP contribution in [0.2, 0.25) is 0 Å². The van der Waals surface area contributed by atoms with Crippen LogP contribution in [0.5, 0.6) is 5.75 Å². The van der Waals surface area contributed by atoms with E-state index in [1.807, 2.05) is 63.6 Å². The van der Waals surface area contributed by atoms with Gasteiger partial charge in [-0.25, -0.2) is 4.79 Å². The predicted octanol–water partition coefficient (Wildman–Crippen LogP) is 3.52. The van der Waals surface area contributed by atoms with E-state index < -0.39 is 17.4 Å². The SMILES string of the molecule is Cc1ccc(C)c(OCC(=O)NNC(=O)c2cccn2C2CCN(C(=O)OC(C)(C)C)CC2)c1. The maximum absolute atomic E-state index is 12.7. The van der Waals surface area contributed by atoms with Crippen molar-refractivity contribution < 1.29 is 23.9 Å². The smallest absolute Gasteiger partial charge is 0.410 e. The predicted molar refractivity (Wildman–Crippen MR) is 128 cm³/mol. The number of hydrogen-bond donors (Lipinski definition) is 2. The number of carbonyl (C=O) groups excluding carboxylic acids is 3. The number of hydrogen-bond acceptors (Lipinski definition) is 5. The molecule has 0 bridgehead atoms. The molecule has 2 N–H and O–H groups in total. The molecule has 2 heterocycles. The summed E-state index contributed by atoms with van der Waals surface area (Å²) in [6, 6.07) is 9.32. The first-order chi connectivity index (χ1) is 16.0. The van der Waals surface area contributed by atoms with Crippen LogP contribution in [0, 0.1) is 13.8 Å². The Morgan fingerprint density at radius 3 is 2.44 bits per heavy atom. The Balaban J connectivity index is 1.49. The molecule has 1 aromatic heterocycles. The molecule has 184 valence electrons. The van der Waals surface area contributed by atoms with Crippen LogP contribution in [0.1, 0.15) is 61.3 Å². The standard InChI is InChI=1S/C25H34N4O5/c1-17-8-9-18(2)21(15-17)33-16-22(30)26-27-23(31)20-7-6-12-29(20)19-10-13-28(14-11-19)24(32)34-25(3,4)5/h6-9,12,15,19H,10-11,13-14,16H2,1-5H3,(H,26,30)(H,27,31). The third-order valence-electron chi connectivity index (χ3n) is 5.54. The minimum absolute atomic E-state index is 0.0674. The Hall–Kier alpha value is -3.49. The normalized spacial score (nSPS) is 14.4. The van der Waals surface area contributed by atoms with Crippen molar-refractivity contribution in [2.24, 2.45) is 0 Å². The maximum Gasteiger partial charge on any atom is 0.410 e. The highest BCUT2D eigenvalue weighted by Gasteiger charge is 2.28. The Labute approximate surface area is 200 Å². The van der Waals surface area contributed by atoms with Crippen LogP contribution < -0.4 is 15.6 Å². The van der Waals surface area contributed by atoms with E-state index in [9.17, 15) is 14.4 Å². The van der Waals surface area contributed by atoms with E-state index in [2.05, 4.69) is 10.9 Å². The number of hydrazine groups is 1. The lowest BCUT2D eigenvalue weighted by Crippen LogP contribution is -2.45. The number of amides is 3. The fourth-order valence-corrected chi connectivity index (χ4v) is 3.79. The fraction of sp³-hybridized carbons (Fsp3) is 0.480. The van der Waals surface area contributed by atoms with E-state index in [-0.39, 0.29) is 18.7 Å². The van der Waals surface area contributed by atoms with Crippen molar-refractivity contribution in [3.05, 3.63) is 53.3 Å². The van der Waals surface area contributed by atoms with Crippen LogP contribution in [0.15, 0.2) is 36.5 Å². The lowest BCUT2D eigenvalue weighted by molar-refractivity contribution is -0.123. The van der Waals surface area contributed by atoms with Gasteiger partial charge in [-0.1, -0.05) is 12.1 Å². The van der Waals surface area contributed by atoms with Crippen LogP contribution in [-0.2, 0) is 9.53 Å². The van der Waals surface area contributed by atoms with E-state index in [4.69, 9.17) is 9.47 Å². The Morgan fingerprint density at radius 2 is 1.76 bits per heavy atom. The molecule has 2 aromatic rings. The highest BCUT2D eigenvalue weighted by Crippen LogP contribution is 2.25. The zero-order valence-corrected chi connectivity index (χ0v) is 20.5. The van der Waals surface area contributed by atoms with Crippen molar-refractivity contribution in [3.63, 3.8) is 0 Å². The summed E-state index contributed by atoms with van der Waals surface area (Å²) in [5.74, 6) is -0.245. The second-order valence-electron chi connectivity index (χ2n) is 9.56. The summed E-state index contributed by atoms with van der Waals surface area (Å²) in [6.07, 6.45) is 2.92. The molecule has 1 aromatic carbocycles. The number of carbonyl (C=O) groups is 3. The number of rotatable bonds is 5. The van der Waals surface area contributed by atoms with Crippen molar-refractivity contribution in [1.29, 1.82) is 0 Å². The van der Waals surface area contributed by atoms with E-state index in [1.165, 1.54) is 0 Å². The monoisotopic (exact) mass is 470 g/mol. The molecule has 1 saturated heterocycles. The van der Waals surface area contributed by atoms with Crippen molar-refractivity contribution in [2.45, 2.75) is 59.1 Å². The highest BCUT2D eigenvalue weighted by atomic mass is 16.6. The van der Waals surface area contributed by atoms with Gasteiger partial charge in [0.2, 0.25) is 0 Å². The summed E-state index contributed by atoms with van der Waals surface area (Å²) in [5, 5.41) is 0. The lowest BCUT2D eigenvalue weighted by atomic mass is 10.0. The Morgan fingerprint density at radius 1 is 1.06 bits per heavy atom. The quantitative estimate of drug-likeness (QED) is 0.651. The lowest BCUT2D eigenvalue weighted by Gasteiger charge is -2.34. The highest BCUT2D eigenvalue weighted by molar-refractivity contribution is 5.94. The number of nitrogens with one attached hydrogen (secondary N) is 2. The summed E-state index contributed by atoms with van der Waals surface area (Å²) in [4.78, 5) is 38.9. The minimum Gasteiger partial charge on any atom is -0.483 e. The summed E-state index contributed by atoms with van der Waals surface area (Å²) in [7, 11) is 0. The molecule has 1 aliphatic heterocycles. The summed E-state index contributed by atoms with van der Waals surface area (Å²) >= 11 is 0. The molecule has 9 heteroatoms. The number of benzene rings is 1. The first-order valence-electron chi connectivity index (χ1n) is 11.5. The third-order valence-corrected chi connectivity index (χ3v) is 5.54. The number of aromatic nitrogens is 1. The second-order valence-corrected chi connectivity index (χ2v) is 9.56. The number of ether oxygens (including phenoxy) is 2. The molecule has 0 unspecified atom stereocenters. The number of nitrogens with zero attached hydrogens (tertiary/aromatic N) is 2. The van der Waals surface area contributed by atoms with Crippen molar-refractivity contribution in [2.75, 3.05) is 19.7 Å². The van der Waals surface area contributed by atoms with E-state index in [1.54, 1.807) is 17.0 Å². The zero-order chi connectivity index (χ0) is 24.9. The molecule has 3 rings (SSSR count). The number of piperidine rings is 1. The zero-order valence-electron chi connectivity index (χ0n) is 20.5. The molecule has 9 nitrogen and oxygen atoms in total. The molecular weight excluding hydrogens is 436 g/mol. The van der Waals surface area contributed by atoms with Crippen LogP contribution in [0.25, 0.3) is 0 Å². The van der Waals surface area contributed by atoms with Gasteiger partial charge >= 0.3 is 6.09 Å². The first-order valence-corrected chi connectivity index (χ1v) is 11.5. The molecule has 3 amide bonds. The van der Waals surface area contributed by atoms with Gasteiger partial charge in [0, 0.05) is 25.3 Å². The Bertz CT molecular complexity index is 1030. The summed E-state index contributed by atoms with van der Waals surface area (Å²) in [5.41, 5.74) is 6.72. The topological polar surface area (TPSA) is 102 Å². The van der Waals surface area contributed by atoms with Gasteiger partial charge in [-0.2, -0.15) is 0 Å². The summed E-state index contributed by atoms with van der Waals surface area (Å²) < 4.78 is 12.9. The van der Waals surface area contributed by atoms with Crippen molar-refractivity contribution in [3.8, 4) is 5.75 Å². The summed E-state index contributed by atoms with van der Waals surface area (Å²) in [6.45, 7) is 10.3. The number of aryl methyl sites for hydroxylation is 2. The van der Waals surface area contributed by atoms with Gasteiger partial charge in [0.15, 0.2) is 6.61 Å². The van der Waals surface area contributed by atoms with Gasteiger partial charge in [0.1, 0.15) is 17.0 Å². The second kappa shape index (κ2) is 10.6. The molecule has 1 aliphatic rings. The van der Waals surface area contributed by atoms with Gasteiger partial charge in [-0.15, -0.1) is 0 Å². The van der Waals surface area contributed by atoms with Crippen LogP contribution in [-0.4, -0.2) is 52.7 Å². The van der Waals surface area contributed by atoms with Gasteiger partial charge in [-0.05, 0) is 76.8 Å².